The van der Waals surface area contributed by atoms with Crippen LogP contribution in [0.3, 0.4) is 0 Å². The molecule has 2 aliphatic heterocycles. The average Bonchev–Trinajstić information content (AvgIpc) is 2.47. The summed E-state index contributed by atoms with van der Waals surface area (Å²) in [6, 6.07) is 0.559. The van der Waals surface area contributed by atoms with Crippen molar-refractivity contribution in [1.29, 1.82) is 0 Å². The van der Waals surface area contributed by atoms with Crippen molar-refractivity contribution in [2.24, 2.45) is 11.8 Å². The lowest BCUT2D eigenvalue weighted by molar-refractivity contribution is -0.111. The minimum absolute atomic E-state index is 0.217. The minimum Gasteiger partial charge on any atom is -0.383 e. The largest absolute Gasteiger partial charge is 0.383 e. The second-order valence-electron chi connectivity index (χ2n) is 6.49. The van der Waals surface area contributed by atoms with Crippen LogP contribution in [-0.2, 0) is 9.47 Å². The smallest absolute Gasteiger partial charge is 0.0701 e. The van der Waals surface area contributed by atoms with Gasteiger partial charge in [-0.05, 0) is 55.9 Å². The monoisotopic (exact) mass is 301 g/mol. The zero-order chi connectivity index (χ0) is 14.4. The third-order valence-electron chi connectivity index (χ3n) is 5.24. The standard InChI is InChI=1S/C16H31NO2S/c1-13(14(2)17-7-9-18-3)15-4-8-19-16(12-15)5-10-20-11-6-16/h13-15,17H,4-12H2,1-3H3. The topological polar surface area (TPSA) is 30.5 Å². The molecule has 2 saturated heterocycles. The van der Waals surface area contributed by atoms with Crippen molar-refractivity contribution < 1.29 is 9.47 Å². The van der Waals surface area contributed by atoms with Gasteiger partial charge in [-0.2, -0.15) is 11.8 Å². The van der Waals surface area contributed by atoms with Crippen molar-refractivity contribution in [2.45, 2.75) is 51.2 Å². The molecule has 0 amide bonds. The Hall–Kier alpha value is 0.230. The minimum atomic E-state index is 0.217. The molecular weight excluding hydrogens is 270 g/mol. The highest BCUT2D eigenvalue weighted by atomic mass is 32.2. The molecule has 20 heavy (non-hydrogen) atoms. The van der Waals surface area contributed by atoms with E-state index in [1.54, 1.807) is 7.11 Å². The molecule has 2 rings (SSSR count). The van der Waals surface area contributed by atoms with Gasteiger partial charge in [0, 0.05) is 26.3 Å². The zero-order valence-corrected chi connectivity index (χ0v) is 14.1. The molecule has 118 valence electrons. The zero-order valence-electron chi connectivity index (χ0n) is 13.3. The van der Waals surface area contributed by atoms with Gasteiger partial charge in [-0.3, -0.25) is 0 Å². The number of hydrogen-bond acceptors (Lipinski definition) is 4. The molecule has 0 aliphatic carbocycles. The first-order valence-electron chi connectivity index (χ1n) is 8.11. The van der Waals surface area contributed by atoms with Crippen LogP contribution in [0.4, 0.5) is 0 Å². The van der Waals surface area contributed by atoms with E-state index >= 15 is 0 Å². The summed E-state index contributed by atoms with van der Waals surface area (Å²) in [6.07, 6.45) is 5.01. The summed E-state index contributed by atoms with van der Waals surface area (Å²) in [5.74, 6) is 4.07. The number of hydrogen-bond donors (Lipinski definition) is 1. The fraction of sp³-hybridized carbons (Fsp3) is 1.00. The van der Waals surface area contributed by atoms with Gasteiger partial charge in [0.15, 0.2) is 0 Å². The Morgan fingerprint density at radius 2 is 2.10 bits per heavy atom. The summed E-state index contributed by atoms with van der Waals surface area (Å²) in [7, 11) is 1.76. The third kappa shape index (κ3) is 4.36. The second-order valence-corrected chi connectivity index (χ2v) is 7.72. The summed E-state index contributed by atoms with van der Waals surface area (Å²) in [4.78, 5) is 0. The molecule has 0 bridgehead atoms. The maximum absolute atomic E-state index is 6.21. The second kappa shape index (κ2) is 8.02. The maximum atomic E-state index is 6.21. The Balaban J connectivity index is 1.84. The Labute approximate surface area is 128 Å². The summed E-state index contributed by atoms with van der Waals surface area (Å²) < 4.78 is 11.3. The first-order chi connectivity index (χ1) is 9.67. The number of ether oxygens (including phenoxy) is 2. The molecule has 3 unspecified atom stereocenters. The van der Waals surface area contributed by atoms with Gasteiger partial charge in [-0.1, -0.05) is 6.92 Å². The van der Waals surface area contributed by atoms with E-state index in [1.807, 2.05) is 0 Å². The molecule has 0 radical (unpaired) electrons. The van der Waals surface area contributed by atoms with Gasteiger partial charge in [-0.15, -0.1) is 0 Å². The third-order valence-corrected chi connectivity index (χ3v) is 6.23. The predicted molar refractivity (Wildman–Crippen MR) is 86.5 cm³/mol. The molecule has 3 nitrogen and oxygen atoms in total. The van der Waals surface area contributed by atoms with Crippen LogP contribution in [0, 0.1) is 11.8 Å². The molecule has 1 N–H and O–H groups in total. The fourth-order valence-corrected chi connectivity index (χ4v) is 4.83. The van der Waals surface area contributed by atoms with E-state index in [4.69, 9.17) is 9.47 Å². The van der Waals surface area contributed by atoms with Gasteiger partial charge in [0.1, 0.15) is 0 Å². The Kier molecular flexibility index (Phi) is 6.66. The van der Waals surface area contributed by atoms with Crippen LogP contribution in [0.25, 0.3) is 0 Å². The van der Waals surface area contributed by atoms with Crippen LogP contribution in [0.15, 0.2) is 0 Å². The van der Waals surface area contributed by atoms with Crippen molar-refractivity contribution in [1.82, 2.24) is 5.32 Å². The normalized spacial score (nSPS) is 29.2. The van der Waals surface area contributed by atoms with Crippen molar-refractivity contribution in [3.8, 4) is 0 Å². The molecule has 0 saturated carbocycles. The summed E-state index contributed by atoms with van der Waals surface area (Å²) in [6.45, 7) is 7.44. The number of thioether (sulfide) groups is 1. The molecule has 0 aromatic rings. The molecular formula is C16H31NO2S. The van der Waals surface area contributed by atoms with Gasteiger partial charge < -0.3 is 14.8 Å². The van der Waals surface area contributed by atoms with Crippen LogP contribution in [0.2, 0.25) is 0 Å². The van der Waals surface area contributed by atoms with Gasteiger partial charge in [0.05, 0.1) is 12.2 Å². The molecule has 2 aliphatic rings. The van der Waals surface area contributed by atoms with Crippen molar-refractivity contribution in [2.75, 3.05) is 38.4 Å². The lowest BCUT2D eigenvalue weighted by Crippen LogP contribution is -2.47. The average molecular weight is 301 g/mol. The fourth-order valence-electron chi connectivity index (χ4n) is 3.59. The molecule has 4 heteroatoms. The highest BCUT2D eigenvalue weighted by Crippen LogP contribution is 2.42. The van der Waals surface area contributed by atoms with E-state index < -0.39 is 0 Å². The van der Waals surface area contributed by atoms with Crippen molar-refractivity contribution >= 4 is 11.8 Å². The van der Waals surface area contributed by atoms with E-state index in [0.29, 0.717) is 12.0 Å². The lowest BCUT2D eigenvalue weighted by atomic mass is 9.74. The summed E-state index contributed by atoms with van der Waals surface area (Å²) >= 11 is 2.09. The Bertz CT molecular complexity index is 276. The molecule has 1 spiro atoms. The molecule has 2 heterocycles. The van der Waals surface area contributed by atoms with Crippen molar-refractivity contribution in [3.05, 3.63) is 0 Å². The van der Waals surface area contributed by atoms with E-state index in [9.17, 15) is 0 Å². The first kappa shape index (κ1) is 16.6. The highest BCUT2D eigenvalue weighted by Gasteiger charge is 2.40. The molecule has 3 atom stereocenters. The van der Waals surface area contributed by atoms with Crippen LogP contribution in [0.1, 0.15) is 39.5 Å². The summed E-state index contributed by atoms with van der Waals surface area (Å²) in [5.41, 5.74) is 0.217. The van der Waals surface area contributed by atoms with Crippen LogP contribution >= 0.6 is 11.8 Å². The maximum Gasteiger partial charge on any atom is 0.0701 e. The van der Waals surface area contributed by atoms with Gasteiger partial charge in [0.25, 0.3) is 0 Å². The van der Waals surface area contributed by atoms with E-state index in [2.05, 4.69) is 30.9 Å². The Morgan fingerprint density at radius 3 is 2.80 bits per heavy atom. The lowest BCUT2D eigenvalue weighted by Gasteiger charge is -2.45. The van der Waals surface area contributed by atoms with Gasteiger partial charge in [-0.25, -0.2) is 0 Å². The van der Waals surface area contributed by atoms with E-state index in [0.717, 1.165) is 25.7 Å². The van der Waals surface area contributed by atoms with Crippen LogP contribution in [-0.4, -0.2) is 50.0 Å². The SMILES string of the molecule is COCCNC(C)C(C)C1CCOC2(CCSCC2)C1. The number of methoxy groups -OCH3 is 1. The highest BCUT2D eigenvalue weighted by molar-refractivity contribution is 7.99. The number of rotatable bonds is 6. The van der Waals surface area contributed by atoms with Gasteiger partial charge in [0.2, 0.25) is 0 Å². The molecule has 2 fully saturated rings. The van der Waals surface area contributed by atoms with Crippen LogP contribution < -0.4 is 5.32 Å². The summed E-state index contributed by atoms with van der Waals surface area (Å²) in [5, 5.41) is 3.60. The van der Waals surface area contributed by atoms with E-state index in [-0.39, 0.29) is 5.60 Å². The number of nitrogens with one attached hydrogen (secondary N) is 1. The van der Waals surface area contributed by atoms with Crippen molar-refractivity contribution in [3.63, 3.8) is 0 Å². The first-order valence-corrected chi connectivity index (χ1v) is 9.26. The predicted octanol–water partition coefficient (Wildman–Crippen LogP) is 2.94. The molecule has 0 aromatic carbocycles. The Morgan fingerprint density at radius 1 is 1.35 bits per heavy atom. The molecule has 0 aromatic heterocycles. The van der Waals surface area contributed by atoms with Gasteiger partial charge >= 0.3 is 0 Å². The van der Waals surface area contributed by atoms with E-state index in [1.165, 1.54) is 37.2 Å². The van der Waals surface area contributed by atoms with Crippen LogP contribution in [0.5, 0.6) is 0 Å². The quantitative estimate of drug-likeness (QED) is 0.764.